The first-order valence-electron chi connectivity index (χ1n) is 8.33. The van der Waals surface area contributed by atoms with Crippen molar-refractivity contribution in [1.82, 2.24) is 10.6 Å². The molecule has 1 aromatic carbocycles. The second kappa shape index (κ2) is 10.7. The van der Waals surface area contributed by atoms with E-state index < -0.39 is 14.6 Å². The van der Waals surface area contributed by atoms with Crippen molar-refractivity contribution in [2.75, 3.05) is 39.6 Å². The molecular formula is C17H27ClIN3O3S. The zero-order chi connectivity index (χ0) is 18.3. The Morgan fingerprint density at radius 2 is 2.00 bits per heavy atom. The van der Waals surface area contributed by atoms with Gasteiger partial charge in [0, 0.05) is 44.6 Å². The number of rotatable bonds is 6. The highest BCUT2D eigenvalue weighted by molar-refractivity contribution is 14.0. The van der Waals surface area contributed by atoms with Crippen molar-refractivity contribution in [3.8, 4) is 0 Å². The van der Waals surface area contributed by atoms with E-state index in [1.165, 1.54) is 6.26 Å². The monoisotopic (exact) mass is 515 g/mol. The van der Waals surface area contributed by atoms with Crippen molar-refractivity contribution < 1.29 is 13.2 Å². The first-order valence-corrected chi connectivity index (χ1v) is 10.6. The Bertz CT molecular complexity index is 707. The van der Waals surface area contributed by atoms with Gasteiger partial charge in [0.25, 0.3) is 0 Å². The summed E-state index contributed by atoms with van der Waals surface area (Å²) in [5, 5.41) is 7.09. The lowest BCUT2D eigenvalue weighted by Gasteiger charge is -2.35. The van der Waals surface area contributed by atoms with E-state index in [1.54, 1.807) is 7.05 Å². The van der Waals surface area contributed by atoms with Crippen molar-refractivity contribution >= 4 is 51.4 Å². The minimum atomic E-state index is -3.20. The summed E-state index contributed by atoms with van der Waals surface area (Å²) in [6, 6.07) is 7.72. The Hall–Kier alpha value is -0.580. The van der Waals surface area contributed by atoms with Crippen LogP contribution in [0.4, 0.5) is 0 Å². The zero-order valence-corrected chi connectivity index (χ0v) is 19.0. The summed E-state index contributed by atoms with van der Waals surface area (Å²) in [6.07, 6.45) is 3.10. The molecule has 1 aliphatic heterocycles. The zero-order valence-electron chi connectivity index (χ0n) is 15.1. The van der Waals surface area contributed by atoms with Crippen LogP contribution in [0, 0.1) is 0 Å². The molecule has 0 amide bonds. The minimum Gasteiger partial charge on any atom is -0.381 e. The van der Waals surface area contributed by atoms with Crippen LogP contribution in [0.3, 0.4) is 0 Å². The van der Waals surface area contributed by atoms with E-state index >= 15 is 0 Å². The predicted molar refractivity (Wildman–Crippen MR) is 118 cm³/mol. The standard InChI is InChI=1S/C17H26ClN3O3S.HI/c1-19-16(20-9-6-14-4-3-5-15(18)12-14)21-13-17(25(2,22)23)7-10-24-11-8-17;/h3-5,12H,6-11,13H2,1-2H3,(H2,19,20,21);1H. The van der Waals surface area contributed by atoms with Crippen molar-refractivity contribution in [1.29, 1.82) is 0 Å². The lowest BCUT2D eigenvalue weighted by molar-refractivity contribution is 0.0756. The lowest BCUT2D eigenvalue weighted by atomic mass is 9.99. The third-order valence-corrected chi connectivity index (χ3v) is 6.95. The van der Waals surface area contributed by atoms with Gasteiger partial charge in [0.05, 0.1) is 4.75 Å². The van der Waals surface area contributed by atoms with Gasteiger partial charge in [-0.3, -0.25) is 4.99 Å². The van der Waals surface area contributed by atoms with E-state index in [1.807, 2.05) is 24.3 Å². The van der Waals surface area contributed by atoms with Gasteiger partial charge in [0.15, 0.2) is 15.8 Å². The highest BCUT2D eigenvalue weighted by Crippen LogP contribution is 2.28. The largest absolute Gasteiger partial charge is 0.381 e. The quantitative estimate of drug-likeness (QED) is 0.345. The van der Waals surface area contributed by atoms with Crippen LogP contribution in [0.5, 0.6) is 0 Å². The maximum atomic E-state index is 12.3. The van der Waals surface area contributed by atoms with Crippen LogP contribution < -0.4 is 10.6 Å². The molecule has 0 atom stereocenters. The van der Waals surface area contributed by atoms with Crippen LogP contribution in [-0.2, 0) is 21.0 Å². The predicted octanol–water partition coefficient (Wildman–Crippen LogP) is 2.26. The fraction of sp³-hybridized carbons (Fsp3) is 0.588. The molecule has 148 valence electrons. The van der Waals surface area contributed by atoms with E-state index in [2.05, 4.69) is 15.6 Å². The minimum absolute atomic E-state index is 0. The molecule has 0 aliphatic carbocycles. The second-order valence-electron chi connectivity index (χ2n) is 6.30. The molecule has 26 heavy (non-hydrogen) atoms. The van der Waals surface area contributed by atoms with E-state index in [0.717, 1.165) is 17.0 Å². The number of guanidine groups is 1. The molecule has 1 fully saturated rings. The smallest absolute Gasteiger partial charge is 0.191 e. The number of sulfone groups is 1. The number of nitrogens with one attached hydrogen (secondary N) is 2. The molecule has 0 aromatic heterocycles. The van der Waals surface area contributed by atoms with E-state index in [-0.39, 0.29) is 24.0 Å². The SMILES string of the molecule is CN=C(NCCc1cccc(Cl)c1)NCC1(S(C)(=O)=O)CCOCC1.I. The van der Waals surface area contributed by atoms with Gasteiger partial charge in [-0.25, -0.2) is 8.42 Å². The summed E-state index contributed by atoms with van der Waals surface area (Å²) >= 11 is 5.98. The third-order valence-electron chi connectivity index (χ3n) is 4.59. The Morgan fingerprint density at radius 3 is 2.58 bits per heavy atom. The Kier molecular flexibility index (Phi) is 9.63. The molecule has 0 spiro atoms. The summed E-state index contributed by atoms with van der Waals surface area (Å²) in [4.78, 5) is 4.18. The van der Waals surface area contributed by atoms with Gasteiger partial charge in [0.2, 0.25) is 0 Å². The van der Waals surface area contributed by atoms with Crippen molar-refractivity contribution in [2.24, 2.45) is 4.99 Å². The molecule has 1 aromatic rings. The Balaban J connectivity index is 0.00000338. The molecule has 2 rings (SSSR count). The average Bonchev–Trinajstić information content (AvgIpc) is 2.58. The summed E-state index contributed by atoms with van der Waals surface area (Å²) in [5.41, 5.74) is 1.13. The normalized spacial score (nSPS) is 17.3. The van der Waals surface area contributed by atoms with Crippen LogP contribution in [0.2, 0.25) is 5.02 Å². The van der Waals surface area contributed by atoms with Gasteiger partial charge in [-0.2, -0.15) is 0 Å². The fourth-order valence-electron chi connectivity index (χ4n) is 2.91. The van der Waals surface area contributed by atoms with Gasteiger partial charge in [0.1, 0.15) is 0 Å². The molecule has 2 N–H and O–H groups in total. The van der Waals surface area contributed by atoms with Gasteiger partial charge >= 0.3 is 0 Å². The Labute approximate surface area is 178 Å². The van der Waals surface area contributed by atoms with Gasteiger partial charge in [-0.15, -0.1) is 24.0 Å². The number of aliphatic imine (C=N–C) groups is 1. The van der Waals surface area contributed by atoms with E-state index in [0.29, 0.717) is 45.1 Å². The number of halogens is 2. The highest BCUT2D eigenvalue weighted by Gasteiger charge is 2.42. The number of hydrogen-bond donors (Lipinski definition) is 2. The molecule has 0 saturated carbocycles. The highest BCUT2D eigenvalue weighted by atomic mass is 127. The van der Waals surface area contributed by atoms with Crippen molar-refractivity contribution in [2.45, 2.75) is 24.0 Å². The van der Waals surface area contributed by atoms with Crippen LogP contribution >= 0.6 is 35.6 Å². The van der Waals surface area contributed by atoms with Crippen LogP contribution in [-0.4, -0.2) is 58.7 Å². The molecule has 6 nitrogen and oxygen atoms in total. The van der Waals surface area contributed by atoms with E-state index in [9.17, 15) is 8.42 Å². The molecule has 0 radical (unpaired) electrons. The number of hydrogen-bond acceptors (Lipinski definition) is 4. The van der Waals surface area contributed by atoms with Gasteiger partial charge in [-0.05, 0) is 37.0 Å². The molecule has 1 saturated heterocycles. The second-order valence-corrected chi connectivity index (χ2v) is 9.15. The Morgan fingerprint density at radius 1 is 1.31 bits per heavy atom. The fourth-order valence-corrected chi connectivity index (χ4v) is 4.36. The first kappa shape index (κ1) is 23.5. The van der Waals surface area contributed by atoms with Crippen LogP contribution in [0.1, 0.15) is 18.4 Å². The molecule has 1 aliphatic rings. The molecule has 1 heterocycles. The average molecular weight is 516 g/mol. The topological polar surface area (TPSA) is 79.8 Å². The lowest BCUT2D eigenvalue weighted by Crippen LogP contribution is -2.53. The number of nitrogens with zero attached hydrogens (tertiary/aromatic N) is 1. The van der Waals surface area contributed by atoms with Gasteiger partial charge < -0.3 is 15.4 Å². The van der Waals surface area contributed by atoms with Crippen molar-refractivity contribution in [3.05, 3.63) is 34.9 Å². The molecule has 0 unspecified atom stereocenters. The maximum absolute atomic E-state index is 12.3. The first-order chi connectivity index (χ1) is 11.9. The summed E-state index contributed by atoms with van der Waals surface area (Å²) < 4.78 is 29.1. The summed E-state index contributed by atoms with van der Waals surface area (Å²) in [6.45, 7) is 1.94. The third kappa shape index (κ3) is 6.54. The summed E-state index contributed by atoms with van der Waals surface area (Å²) in [5.74, 6) is 0.594. The van der Waals surface area contributed by atoms with Gasteiger partial charge in [-0.1, -0.05) is 23.7 Å². The maximum Gasteiger partial charge on any atom is 0.191 e. The molecule has 0 bridgehead atoms. The molecule has 9 heteroatoms. The van der Waals surface area contributed by atoms with E-state index in [4.69, 9.17) is 16.3 Å². The number of ether oxygens (including phenoxy) is 1. The molecular weight excluding hydrogens is 489 g/mol. The van der Waals surface area contributed by atoms with Crippen LogP contribution in [0.25, 0.3) is 0 Å². The van der Waals surface area contributed by atoms with Crippen molar-refractivity contribution in [3.63, 3.8) is 0 Å². The summed E-state index contributed by atoms with van der Waals surface area (Å²) in [7, 11) is -1.53. The number of benzene rings is 1. The van der Waals surface area contributed by atoms with Crippen LogP contribution in [0.15, 0.2) is 29.3 Å².